The molecule has 1 aliphatic heterocycles. The molecule has 8 heteroatoms. The smallest absolute Gasteiger partial charge is 0.340 e. The first-order valence-corrected chi connectivity index (χ1v) is 10.3. The van der Waals surface area contributed by atoms with Crippen LogP contribution in [0, 0.1) is 6.92 Å². The minimum absolute atomic E-state index is 0.114. The molecule has 0 aliphatic carbocycles. The van der Waals surface area contributed by atoms with E-state index < -0.39 is 0 Å². The number of aromatic amines is 1. The van der Waals surface area contributed by atoms with E-state index in [2.05, 4.69) is 15.2 Å². The van der Waals surface area contributed by atoms with Crippen molar-refractivity contribution in [1.29, 1.82) is 0 Å². The number of rotatable bonds is 8. The molecule has 0 atom stereocenters. The number of hydrogen-bond donors (Lipinski definition) is 2. The number of thioether (sulfide) groups is 1. The summed E-state index contributed by atoms with van der Waals surface area (Å²) in [5.74, 6) is 0.918. The van der Waals surface area contributed by atoms with Gasteiger partial charge in [-0.1, -0.05) is 13.8 Å². The molecule has 0 spiro atoms. The van der Waals surface area contributed by atoms with Crippen LogP contribution in [-0.4, -0.2) is 66.4 Å². The van der Waals surface area contributed by atoms with Gasteiger partial charge in [-0.15, -0.1) is 11.8 Å². The highest BCUT2D eigenvalue weighted by molar-refractivity contribution is 7.99. The Morgan fingerprint density at radius 1 is 1.35 bits per heavy atom. The lowest BCUT2D eigenvalue weighted by Gasteiger charge is -2.25. The van der Waals surface area contributed by atoms with E-state index in [1.807, 2.05) is 20.8 Å². The van der Waals surface area contributed by atoms with Gasteiger partial charge >= 0.3 is 5.97 Å². The van der Waals surface area contributed by atoms with Crippen LogP contribution in [0.5, 0.6) is 0 Å². The summed E-state index contributed by atoms with van der Waals surface area (Å²) in [6.45, 7) is 11.3. The summed E-state index contributed by atoms with van der Waals surface area (Å²) in [5.41, 5.74) is 1.85. The molecule has 2 heterocycles. The van der Waals surface area contributed by atoms with Crippen molar-refractivity contribution in [3.63, 3.8) is 0 Å². The molecule has 0 unspecified atom stereocenters. The molecule has 2 N–H and O–H groups in total. The lowest BCUT2D eigenvalue weighted by atomic mass is 10.1. The Labute approximate surface area is 160 Å². The molecule has 1 amide bonds. The minimum Gasteiger partial charge on any atom is -0.462 e. The fourth-order valence-corrected chi connectivity index (χ4v) is 3.33. The molecule has 1 aliphatic rings. The Kier molecular flexibility index (Phi) is 11.1. The highest BCUT2D eigenvalue weighted by Crippen LogP contribution is 2.15. The molecule has 7 nitrogen and oxygen atoms in total. The second-order valence-corrected chi connectivity index (χ2v) is 6.49. The number of aryl methyl sites for hydroxylation is 1. The van der Waals surface area contributed by atoms with Gasteiger partial charge in [-0.2, -0.15) is 0 Å². The number of morpholine rings is 1. The molecule has 0 saturated carbocycles. The monoisotopic (exact) mass is 385 g/mol. The third-order valence-electron chi connectivity index (χ3n) is 3.72. The normalized spacial score (nSPS) is 14.3. The van der Waals surface area contributed by atoms with Crippen molar-refractivity contribution in [3.8, 4) is 0 Å². The molecule has 0 bridgehead atoms. The van der Waals surface area contributed by atoms with Gasteiger partial charge in [0.05, 0.1) is 37.7 Å². The Bertz CT molecular complexity index is 557. The first kappa shape index (κ1) is 22.5. The number of amides is 1. The molecule has 1 saturated heterocycles. The van der Waals surface area contributed by atoms with Gasteiger partial charge in [-0.05, 0) is 19.4 Å². The molecule has 2 rings (SSSR count). The number of hydrogen-bond acceptors (Lipinski definition) is 6. The number of carbonyl (C=O) groups is 2. The number of esters is 1. The van der Waals surface area contributed by atoms with Crippen molar-refractivity contribution < 1.29 is 19.1 Å². The lowest BCUT2D eigenvalue weighted by Crippen LogP contribution is -2.36. The average Bonchev–Trinajstić information content (AvgIpc) is 3.02. The van der Waals surface area contributed by atoms with Gasteiger partial charge in [0.2, 0.25) is 5.91 Å². The predicted molar refractivity (Wildman–Crippen MR) is 104 cm³/mol. The molecular weight excluding hydrogens is 354 g/mol. The Morgan fingerprint density at radius 3 is 2.69 bits per heavy atom. The highest BCUT2D eigenvalue weighted by Gasteiger charge is 2.19. The number of nitrogens with one attached hydrogen (secondary N) is 2. The number of H-pyrrole nitrogens is 1. The summed E-state index contributed by atoms with van der Waals surface area (Å²) < 4.78 is 10.3. The summed E-state index contributed by atoms with van der Waals surface area (Å²) in [5, 5.41) is 2.87. The van der Waals surface area contributed by atoms with E-state index in [1.54, 1.807) is 24.9 Å². The first-order valence-electron chi connectivity index (χ1n) is 9.10. The summed E-state index contributed by atoms with van der Waals surface area (Å²) >= 11 is 1.66. The molecule has 1 fully saturated rings. The van der Waals surface area contributed by atoms with Crippen molar-refractivity contribution in [3.05, 3.63) is 23.0 Å². The second kappa shape index (κ2) is 12.8. The quantitative estimate of drug-likeness (QED) is 0.405. The largest absolute Gasteiger partial charge is 0.462 e. The maximum absolute atomic E-state index is 12.1. The Morgan fingerprint density at radius 2 is 2.04 bits per heavy atom. The maximum Gasteiger partial charge on any atom is 0.340 e. The van der Waals surface area contributed by atoms with Crippen LogP contribution in [0.2, 0.25) is 0 Å². The number of nitrogens with zero attached hydrogens (tertiary/aromatic N) is 1. The summed E-state index contributed by atoms with van der Waals surface area (Å²) in [4.78, 5) is 29.3. The van der Waals surface area contributed by atoms with Crippen LogP contribution < -0.4 is 5.32 Å². The number of ether oxygens (including phenoxy) is 2. The van der Waals surface area contributed by atoms with Crippen LogP contribution in [0.3, 0.4) is 0 Å². The van der Waals surface area contributed by atoms with Crippen molar-refractivity contribution in [2.24, 2.45) is 0 Å². The topological polar surface area (TPSA) is 83.7 Å². The van der Waals surface area contributed by atoms with Crippen LogP contribution in [0.1, 0.15) is 42.4 Å². The van der Waals surface area contributed by atoms with E-state index in [4.69, 9.17) is 9.47 Å². The zero-order chi connectivity index (χ0) is 19.4. The van der Waals surface area contributed by atoms with Crippen molar-refractivity contribution in [1.82, 2.24) is 15.2 Å². The second-order valence-electron chi connectivity index (χ2n) is 5.53. The molecule has 26 heavy (non-hydrogen) atoms. The lowest BCUT2D eigenvalue weighted by molar-refractivity contribution is -0.120. The van der Waals surface area contributed by atoms with E-state index >= 15 is 0 Å². The van der Waals surface area contributed by atoms with Crippen LogP contribution in [0.15, 0.2) is 6.20 Å². The maximum atomic E-state index is 12.1. The predicted octanol–water partition coefficient (Wildman–Crippen LogP) is 2.17. The van der Waals surface area contributed by atoms with Gasteiger partial charge in [0, 0.05) is 30.9 Å². The van der Waals surface area contributed by atoms with Crippen LogP contribution in [0.25, 0.3) is 0 Å². The molecule has 1 aromatic rings. The zero-order valence-corrected chi connectivity index (χ0v) is 17.0. The van der Waals surface area contributed by atoms with Crippen LogP contribution >= 0.6 is 11.8 Å². The molecule has 148 valence electrons. The molecule has 1 aromatic heterocycles. The van der Waals surface area contributed by atoms with E-state index in [-0.39, 0.29) is 18.3 Å². The van der Waals surface area contributed by atoms with Crippen molar-refractivity contribution in [2.75, 3.05) is 44.7 Å². The van der Waals surface area contributed by atoms with Gasteiger partial charge in [-0.3, -0.25) is 9.69 Å². The standard InChI is InChI=1S/C16H25N3O4S.C2H6/c1-3-23-16(21)15-12(2)9-17-13(15)8-14(20)18-10-24-11-19-4-6-22-7-5-19;1-2/h9,17H,3-8,10-11H2,1-2H3,(H,18,20);1-2H3. The van der Waals surface area contributed by atoms with Gasteiger partial charge in [0.25, 0.3) is 0 Å². The third-order valence-corrected chi connectivity index (χ3v) is 4.62. The summed E-state index contributed by atoms with van der Waals surface area (Å²) in [6, 6.07) is 0. The molecule has 0 radical (unpaired) electrons. The fraction of sp³-hybridized carbons (Fsp3) is 0.667. The fourth-order valence-electron chi connectivity index (χ4n) is 2.46. The average molecular weight is 386 g/mol. The van der Waals surface area contributed by atoms with Gasteiger partial charge in [-0.25, -0.2) is 4.79 Å². The van der Waals surface area contributed by atoms with Crippen LogP contribution in [-0.2, 0) is 20.7 Å². The van der Waals surface area contributed by atoms with E-state index in [1.165, 1.54) is 0 Å². The number of aromatic nitrogens is 1. The first-order chi connectivity index (χ1) is 12.6. The SMILES string of the molecule is CC.CCOC(=O)c1c(C)c[nH]c1CC(=O)NCSCN1CCOCC1. The third kappa shape index (κ3) is 7.39. The summed E-state index contributed by atoms with van der Waals surface area (Å²) in [7, 11) is 0. The Balaban J connectivity index is 0.00000163. The van der Waals surface area contributed by atoms with Gasteiger partial charge < -0.3 is 19.8 Å². The van der Waals surface area contributed by atoms with E-state index in [0.29, 0.717) is 23.7 Å². The Hall–Kier alpha value is -1.51. The molecule has 0 aromatic carbocycles. The minimum atomic E-state index is -0.388. The van der Waals surface area contributed by atoms with Crippen molar-refractivity contribution >= 4 is 23.6 Å². The van der Waals surface area contributed by atoms with E-state index in [9.17, 15) is 9.59 Å². The van der Waals surface area contributed by atoms with Gasteiger partial charge in [0.15, 0.2) is 0 Å². The summed E-state index contributed by atoms with van der Waals surface area (Å²) in [6.07, 6.45) is 1.86. The highest BCUT2D eigenvalue weighted by atomic mass is 32.2. The van der Waals surface area contributed by atoms with Crippen molar-refractivity contribution in [2.45, 2.75) is 34.1 Å². The van der Waals surface area contributed by atoms with E-state index in [0.717, 1.165) is 37.7 Å². The zero-order valence-electron chi connectivity index (χ0n) is 16.2. The van der Waals surface area contributed by atoms with Gasteiger partial charge in [0.1, 0.15) is 0 Å². The number of carbonyl (C=O) groups excluding carboxylic acids is 2. The van der Waals surface area contributed by atoms with Crippen LogP contribution in [0.4, 0.5) is 0 Å². The molecular formula is C18H31N3O4S.